The summed E-state index contributed by atoms with van der Waals surface area (Å²) in [6.45, 7) is 9.12. The Morgan fingerprint density at radius 1 is 0.978 bits per heavy atom. The number of pyridine rings is 1. The van der Waals surface area contributed by atoms with Crippen molar-refractivity contribution in [2.45, 2.75) is 64.4 Å². The molecule has 0 saturated carbocycles. The number of carbonyl (C=O) groups is 1. The number of nitrogens with one attached hydrogen (secondary N) is 1. The Labute approximate surface area is 271 Å². The number of amides is 1. The number of aromatic nitrogens is 1. The van der Waals surface area contributed by atoms with E-state index in [0.717, 1.165) is 63.1 Å². The van der Waals surface area contributed by atoms with Gasteiger partial charge in [-0.05, 0) is 74.7 Å². The van der Waals surface area contributed by atoms with E-state index in [1.165, 1.54) is 0 Å². The molecule has 9 heteroatoms. The van der Waals surface area contributed by atoms with E-state index in [-0.39, 0.29) is 18.7 Å². The second kappa shape index (κ2) is 12.0. The Hall–Kier alpha value is -4.47. The molecular weight excluding hydrogens is 598 g/mol. The molecule has 46 heavy (non-hydrogen) atoms. The lowest BCUT2D eigenvalue weighted by atomic mass is 9.94. The number of hydrogen-bond donors (Lipinski definition) is 1. The van der Waals surface area contributed by atoms with Crippen LogP contribution < -0.4 is 14.8 Å². The minimum Gasteiger partial charge on any atom is -0.456 e. The fraction of sp³-hybridized carbons (Fsp3) is 0.297. The zero-order valence-corrected chi connectivity index (χ0v) is 27.3. The van der Waals surface area contributed by atoms with E-state index in [0.29, 0.717) is 30.3 Å². The van der Waals surface area contributed by atoms with Crippen molar-refractivity contribution in [3.63, 3.8) is 0 Å². The molecular formula is C37H37N3O5S. The predicted octanol–water partition coefficient (Wildman–Crippen LogP) is 7.94. The SMILES string of the molecule is CCC[C@@H]1c2c(cc(C(=O)NCc3ccc4c(c3)OCO4)nc2-c2cccc(-c3cc4ccccc4o3)c2)CN1[S@](=O)C(C)(C)C. The molecule has 0 unspecified atom stereocenters. The minimum absolute atomic E-state index is 0.0943. The van der Waals surface area contributed by atoms with Crippen molar-refractivity contribution in [2.75, 3.05) is 6.79 Å². The summed E-state index contributed by atoms with van der Waals surface area (Å²) in [4.78, 5) is 18.7. The van der Waals surface area contributed by atoms with Gasteiger partial charge in [-0.1, -0.05) is 55.8 Å². The van der Waals surface area contributed by atoms with Gasteiger partial charge in [0.05, 0.1) is 16.5 Å². The molecule has 1 amide bonds. The Morgan fingerprint density at radius 3 is 2.59 bits per heavy atom. The summed E-state index contributed by atoms with van der Waals surface area (Å²) in [5.74, 6) is 1.85. The van der Waals surface area contributed by atoms with Crippen LogP contribution in [0.25, 0.3) is 33.6 Å². The van der Waals surface area contributed by atoms with E-state index in [9.17, 15) is 9.00 Å². The van der Waals surface area contributed by atoms with E-state index in [2.05, 4.69) is 22.6 Å². The third-order valence-electron chi connectivity index (χ3n) is 8.42. The van der Waals surface area contributed by atoms with E-state index >= 15 is 0 Å². The van der Waals surface area contributed by atoms with Crippen LogP contribution in [-0.4, -0.2) is 30.9 Å². The first-order valence-electron chi connectivity index (χ1n) is 15.7. The summed E-state index contributed by atoms with van der Waals surface area (Å²) in [6, 6.07) is 25.5. The van der Waals surface area contributed by atoms with Crippen LogP contribution in [0.5, 0.6) is 11.5 Å². The quantitative estimate of drug-likeness (QED) is 0.186. The van der Waals surface area contributed by atoms with Crippen molar-refractivity contribution >= 4 is 27.9 Å². The van der Waals surface area contributed by atoms with Crippen molar-refractivity contribution in [3.8, 4) is 34.1 Å². The highest BCUT2D eigenvalue weighted by molar-refractivity contribution is 7.84. The van der Waals surface area contributed by atoms with Gasteiger partial charge in [0.2, 0.25) is 6.79 Å². The topological polar surface area (TPSA) is 93.9 Å². The Bertz CT molecular complexity index is 1940. The van der Waals surface area contributed by atoms with Gasteiger partial charge in [0, 0.05) is 35.2 Å². The van der Waals surface area contributed by atoms with Crippen LogP contribution in [0.3, 0.4) is 0 Å². The molecule has 8 nitrogen and oxygen atoms in total. The number of ether oxygens (including phenoxy) is 2. The predicted molar refractivity (Wildman–Crippen MR) is 180 cm³/mol. The van der Waals surface area contributed by atoms with Crippen molar-refractivity contribution in [1.82, 2.24) is 14.6 Å². The lowest BCUT2D eigenvalue weighted by Crippen LogP contribution is -2.36. The van der Waals surface area contributed by atoms with Crippen LogP contribution in [0.1, 0.15) is 73.8 Å². The van der Waals surface area contributed by atoms with Gasteiger partial charge in [0.25, 0.3) is 5.91 Å². The Morgan fingerprint density at radius 2 is 1.78 bits per heavy atom. The number of furan rings is 1. The molecule has 0 spiro atoms. The monoisotopic (exact) mass is 635 g/mol. The highest BCUT2D eigenvalue weighted by Gasteiger charge is 2.40. The molecule has 0 radical (unpaired) electrons. The van der Waals surface area contributed by atoms with E-state index in [1.54, 1.807) is 0 Å². The van der Waals surface area contributed by atoms with Crippen molar-refractivity contribution in [3.05, 3.63) is 101 Å². The summed E-state index contributed by atoms with van der Waals surface area (Å²) < 4.78 is 32.6. The standard InChI is InChI=1S/C37H37N3O5S/c1-5-9-29-34-27(21-40(29)46(42)37(2,3)4)18-28(36(41)38-20-23-14-15-31-33(16-23)44-22-43-31)39-35(34)26-12-8-11-24(17-26)32-19-25-10-6-7-13-30(25)45-32/h6-8,10-19,29H,5,9,20-22H2,1-4H3,(H,38,41)/t29-,46-/m1/s1. The number of carbonyl (C=O) groups excluding carboxylic acids is 1. The van der Waals surface area contributed by atoms with Crippen molar-refractivity contribution in [2.24, 2.45) is 0 Å². The van der Waals surface area contributed by atoms with E-state index in [4.69, 9.17) is 18.9 Å². The molecule has 5 aromatic rings. The number of para-hydroxylation sites is 1. The lowest BCUT2D eigenvalue weighted by molar-refractivity contribution is 0.0946. The largest absolute Gasteiger partial charge is 0.456 e. The van der Waals surface area contributed by atoms with Gasteiger partial charge in [0.15, 0.2) is 11.5 Å². The Kier molecular flexibility index (Phi) is 7.90. The van der Waals surface area contributed by atoms with Gasteiger partial charge in [0.1, 0.15) is 28.0 Å². The summed E-state index contributed by atoms with van der Waals surface area (Å²) in [5, 5.41) is 4.07. The van der Waals surface area contributed by atoms with Gasteiger partial charge >= 0.3 is 0 Å². The van der Waals surface area contributed by atoms with Crippen LogP contribution in [0.15, 0.2) is 83.3 Å². The minimum atomic E-state index is -1.26. The number of hydrogen-bond acceptors (Lipinski definition) is 6. The number of fused-ring (bicyclic) bond motifs is 3. The molecule has 2 aromatic heterocycles. The molecule has 0 aliphatic carbocycles. The molecule has 2 atom stereocenters. The smallest absolute Gasteiger partial charge is 0.270 e. The molecule has 2 aliphatic heterocycles. The van der Waals surface area contributed by atoms with E-state index < -0.39 is 15.7 Å². The van der Waals surface area contributed by atoms with Crippen LogP contribution in [0, 0.1) is 0 Å². The molecule has 0 saturated heterocycles. The van der Waals surface area contributed by atoms with Crippen LogP contribution >= 0.6 is 0 Å². The first-order chi connectivity index (χ1) is 22.2. The molecule has 0 fully saturated rings. The number of nitrogens with zero attached hydrogens (tertiary/aromatic N) is 2. The van der Waals surface area contributed by atoms with Crippen molar-refractivity contribution in [1.29, 1.82) is 0 Å². The molecule has 3 aromatic carbocycles. The van der Waals surface area contributed by atoms with Gasteiger partial charge in [-0.25, -0.2) is 13.5 Å². The average molecular weight is 636 g/mol. The molecule has 0 bridgehead atoms. The highest BCUT2D eigenvalue weighted by Crippen LogP contribution is 2.45. The maximum atomic E-state index is 13.9. The summed E-state index contributed by atoms with van der Waals surface area (Å²) in [6.07, 6.45) is 1.74. The fourth-order valence-corrected chi connectivity index (χ4v) is 7.63. The third-order valence-corrected chi connectivity index (χ3v) is 10.3. The summed E-state index contributed by atoms with van der Waals surface area (Å²) >= 11 is 0. The Balaban J connectivity index is 1.29. The first-order valence-corrected chi connectivity index (χ1v) is 16.8. The zero-order chi connectivity index (χ0) is 32.0. The summed E-state index contributed by atoms with van der Waals surface area (Å²) in [7, 11) is -1.26. The van der Waals surface area contributed by atoms with Gasteiger partial charge in [-0.15, -0.1) is 0 Å². The van der Waals surface area contributed by atoms with E-state index in [1.807, 2.05) is 93.6 Å². The number of rotatable bonds is 8. The van der Waals surface area contributed by atoms with Crippen LogP contribution in [-0.2, 0) is 24.1 Å². The average Bonchev–Trinajstić information content (AvgIpc) is 3.79. The summed E-state index contributed by atoms with van der Waals surface area (Å²) in [5.41, 5.74) is 6.58. The maximum Gasteiger partial charge on any atom is 0.270 e. The number of benzene rings is 3. The molecule has 2 aliphatic rings. The van der Waals surface area contributed by atoms with Crippen LogP contribution in [0.2, 0.25) is 0 Å². The normalized spacial score (nSPS) is 16.5. The fourth-order valence-electron chi connectivity index (χ4n) is 6.22. The van der Waals surface area contributed by atoms with Gasteiger partial charge < -0.3 is 19.2 Å². The van der Waals surface area contributed by atoms with Crippen molar-refractivity contribution < 1.29 is 22.9 Å². The maximum absolute atomic E-state index is 13.9. The zero-order valence-electron chi connectivity index (χ0n) is 26.5. The molecule has 4 heterocycles. The van der Waals surface area contributed by atoms with Gasteiger partial charge in [-0.3, -0.25) is 4.79 Å². The second-order valence-corrected chi connectivity index (χ2v) is 15.0. The lowest BCUT2D eigenvalue weighted by Gasteiger charge is -2.30. The first kappa shape index (κ1) is 30.2. The molecule has 7 rings (SSSR count). The highest BCUT2D eigenvalue weighted by atomic mass is 32.2. The molecule has 236 valence electrons. The third kappa shape index (κ3) is 5.69. The van der Waals surface area contributed by atoms with Crippen LogP contribution in [0.4, 0.5) is 0 Å². The second-order valence-electron chi connectivity index (χ2n) is 12.8. The van der Waals surface area contributed by atoms with Gasteiger partial charge in [-0.2, -0.15) is 0 Å². The molecule has 1 N–H and O–H groups in total.